The largest absolute Gasteiger partial charge is 0.459 e. The van der Waals surface area contributed by atoms with Crippen LogP contribution in [0.3, 0.4) is 0 Å². The van der Waals surface area contributed by atoms with E-state index in [1.165, 1.54) is 5.37 Å². The Morgan fingerprint density at radius 3 is 2.55 bits per heavy atom. The second-order valence-corrected chi connectivity index (χ2v) is 2.23. The third-order valence-corrected chi connectivity index (χ3v) is 1.38. The van der Waals surface area contributed by atoms with Crippen LogP contribution in [0.15, 0.2) is 30.3 Å². The molecule has 11 heavy (non-hydrogen) atoms. The van der Waals surface area contributed by atoms with Crippen LogP contribution in [-0.4, -0.2) is 16.4 Å². The molecule has 3 heteroatoms. The molecule has 0 saturated carbocycles. The minimum absolute atomic E-state index is 0.00815. The molecule has 0 amide bonds. The lowest BCUT2D eigenvalue weighted by molar-refractivity contribution is -0.362. The summed E-state index contributed by atoms with van der Waals surface area (Å²) in [6, 6.07) is 9.34. The monoisotopic (exact) mass is 166 g/mol. The van der Waals surface area contributed by atoms with Crippen LogP contribution in [0.25, 0.3) is 0 Å². The van der Waals surface area contributed by atoms with Gasteiger partial charge in [-0.05, 0) is 0 Å². The molecule has 1 rings (SSSR count). The normalized spacial score (nSPS) is 11.1. The number of hydrogen-bond donors (Lipinski definition) is 2. The first-order valence-electron chi connectivity index (χ1n) is 3.16. The standard InChI is InChI=1S/C8H7NOS/c10-8(6-11)9-7-4-2-1-3-5-7/h1-6H,(H,9,10)/p+1. The van der Waals surface area contributed by atoms with Crippen molar-refractivity contribution >= 4 is 29.2 Å². The first-order chi connectivity index (χ1) is 5.33. The second-order valence-electron chi connectivity index (χ2n) is 1.99. The first-order valence-corrected chi connectivity index (χ1v) is 3.63. The lowest BCUT2D eigenvalue weighted by Gasteiger charge is -1.83. The third-order valence-electron chi connectivity index (χ3n) is 1.16. The highest BCUT2D eigenvalue weighted by molar-refractivity contribution is 7.80. The van der Waals surface area contributed by atoms with Gasteiger partial charge >= 0.3 is 5.90 Å². The van der Waals surface area contributed by atoms with Crippen molar-refractivity contribution in [1.29, 1.82) is 0 Å². The van der Waals surface area contributed by atoms with Crippen molar-refractivity contribution in [3.63, 3.8) is 0 Å². The van der Waals surface area contributed by atoms with E-state index in [4.69, 9.17) is 5.11 Å². The van der Waals surface area contributed by atoms with Gasteiger partial charge in [-0.15, -0.1) is 0 Å². The maximum absolute atomic E-state index is 8.96. The van der Waals surface area contributed by atoms with Gasteiger partial charge in [-0.25, -0.2) is 0 Å². The minimum atomic E-state index is -0.00815. The molecule has 1 aromatic carbocycles. The number of benzene rings is 1. The second kappa shape index (κ2) is 3.83. The van der Waals surface area contributed by atoms with Crippen LogP contribution in [0.5, 0.6) is 0 Å². The lowest BCUT2D eigenvalue weighted by Crippen LogP contribution is -2.66. The lowest BCUT2D eigenvalue weighted by atomic mass is 10.3. The van der Waals surface area contributed by atoms with E-state index in [0.29, 0.717) is 0 Å². The molecule has 0 aromatic heterocycles. The predicted molar refractivity (Wildman–Crippen MR) is 48.4 cm³/mol. The van der Waals surface area contributed by atoms with E-state index in [-0.39, 0.29) is 5.90 Å². The van der Waals surface area contributed by atoms with Crippen molar-refractivity contribution < 1.29 is 10.1 Å². The van der Waals surface area contributed by atoms with Gasteiger partial charge in [0.15, 0.2) is 0 Å². The summed E-state index contributed by atoms with van der Waals surface area (Å²) in [6.07, 6.45) is 0. The Kier molecular flexibility index (Phi) is 2.74. The van der Waals surface area contributed by atoms with Crippen molar-refractivity contribution in [3.05, 3.63) is 30.3 Å². The van der Waals surface area contributed by atoms with E-state index in [9.17, 15) is 0 Å². The van der Waals surface area contributed by atoms with Crippen molar-refractivity contribution in [1.82, 2.24) is 0 Å². The van der Waals surface area contributed by atoms with Gasteiger partial charge in [-0.3, -0.25) is 0 Å². The molecule has 0 saturated heterocycles. The topological polar surface area (TPSA) is 34.2 Å². The number of rotatable bonds is 2. The maximum Gasteiger partial charge on any atom is 0.375 e. The summed E-state index contributed by atoms with van der Waals surface area (Å²) in [5.41, 5.74) is 0.825. The number of nitrogens with one attached hydrogen (secondary N) is 1. The number of hydrogen-bond acceptors (Lipinski definition) is 1. The Morgan fingerprint density at radius 1 is 1.36 bits per heavy atom. The fourth-order valence-corrected chi connectivity index (χ4v) is 0.758. The summed E-state index contributed by atoms with van der Waals surface area (Å²) in [6.45, 7) is 0. The third kappa shape index (κ3) is 2.47. The van der Waals surface area contributed by atoms with E-state index >= 15 is 0 Å². The molecule has 1 aromatic rings. The molecule has 0 heterocycles. The summed E-state index contributed by atoms with van der Waals surface area (Å²) in [5.74, 6) is -0.00815. The summed E-state index contributed by atoms with van der Waals surface area (Å²) in [4.78, 5) is 2.70. The molecule has 0 aliphatic rings. The van der Waals surface area contributed by atoms with E-state index in [1.807, 2.05) is 30.3 Å². The van der Waals surface area contributed by atoms with Crippen LogP contribution in [-0.2, 0) is 0 Å². The molecule has 0 aliphatic heterocycles. The fraction of sp³-hybridized carbons (Fsp3) is 0. The molecule has 0 spiro atoms. The van der Waals surface area contributed by atoms with Gasteiger partial charge in [0.2, 0.25) is 5.69 Å². The van der Waals surface area contributed by atoms with Crippen LogP contribution in [0.1, 0.15) is 0 Å². The quantitative estimate of drug-likeness (QED) is 0.378. The molecule has 0 atom stereocenters. The fourth-order valence-electron chi connectivity index (χ4n) is 0.699. The molecule has 0 radical (unpaired) electrons. The Bertz CT molecular complexity index is 269. The highest BCUT2D eigenvalue weighted by Crippen LogP contribution is 1.94. The first kappa shape index (κ1) is 7.88. The highest BCUT2D eigenvalue weighted by Gasteiger charge is 1.96. The van der Waals surface area contributed by atoms with E-state index in [1.54, 1.807) is 0 Å². The number of thiocarbonyl (C=S) groups is 1. The predicted octanol–water partition coefficient (Wildman–Crippen LogP) is 0.355. The van der Waals surface area contributed by atoms with E-state index < -0.39 is 0 Å². The van der Waals surface area contributed by atoms with Gasteiger partial charge in [-0.2, -0.15) is 4.99 Å². The Hall–Kier alpha value is -1.22. The zero-order chi connectivity index (χ0) is 8.10. The minimum Gasteiger partial charge on any atom is -0.459 e. The SMILES string of the molecule is OC(C=S)=[NH+]c1ccccc1. The number of aliphatic hydroxyl groups excluding tert-OH is 1. The molecule has 2 N–H and O–H groups in total. The molecule has 0 unspecified atom stereocenters. The van der Waals surface area contributed by atoms with Crippen LogP contribution in [0, 0.1) is 0 Å². The smallest absolute Gasteiger partial charge is 0.375 e. The van der Waals surface area contributed by atoms with Gasteiger partial charge in [0.25, 0.3) is 0 Å². The van der Waals surface area contributed by atoms with Gasteiger partial charge in [0.05, 0.1) is 0 Å². The Labute approximate surface area is 70.2 Å². The van der Waals surface area contributed by atoms with Gasteiger partial charge in [0.1, 0.15) is 5.37 Å². The summed E-state index contributed by atoms with van der Waals surface area (Å²) >= 11 is 4.50. The van der Waals surface area contributed by atoms with Gasteiger partial charge < -0.3 is 5.11 Å². The Morgan fingerprint density at radius 2 is 2.00 bits per heavy atom. The van der Waals surface area contributed by atoms with Crippen LogP contribution < -0.4 is 4.99 Å². The van der Waals surface area contributed by atoms with E-state index in [0.717, 1.165) is 5.69 Å². The number of para-hydroxylation sites is 1. The van der Waals surface area contributed by atoms with Crippen LogP contribution >= 0.6 is 12.2 Å². The van der Waals surface area contributed by atoms with Crippen molar-refractivity contribution in [2.45, 2.75) is 0 Å². The van der Waals surface area contributed by atoms with Crippen molar-refractivity contribution in [2.24, 2.45) is 0 Å². The van der Waals surface area contributed by atoms with Crippen molar-refractivity contribution in [3.8, 4) is 0 Å². The van der Waals surface area contributed by atoms with Gasteiger partial charge in [-0.1, -0.05) is 30.4 Å². The molecule has 2 nitrogen and oxygen atoms in total. The highest BCUT2D eigenvalue weighted by atomic mass is 32.1. The molecule has 0 aliphatic carbocycles. The molecule has 0 bridgehead atoms. The van der Waals surface area contributed by atoms with Crippen LogP contribution in [0.4, 0.5) is 5.69 Å². The molecule has 0 fully saturated rings. The summed E-state index contributed by atoms with van der Waals surface area (Å²) in [7, 11) is 0. The summed E-state index contributed by atoms with van der Waals surface area (Å²) in [5, 5.41) is 10.1. The zero-order valence-electron chi connectivity index (χ0n) is 5.82. The van der Waals surface area contributed by atoms with Gasteiger partial charge in [0, 0.05) is 12.1 Å². The average Bonchev–Trinajstić information content (AvgIpc) is 2.06. The maximum atomic E-state index is 8.96. The number of aliphatic hydroxyl groups is 1. The van der Waals surface area contributed by atoms with E-state index in [2.05, 4.69) is 17.2 Å². The van der Waals surface area contributed by atoms with Crippen molar-refractivity contribution in [2.75, 3.05) is 0 Å². The summed E-state index contributed by atoms with van der Waals surface area (Å²) < 4.78 is 0. The molecule has 56 valence electrons. The molecular weight excluding hydrogens is 158 g/mol. The average molecular weight is 166 g/mol. The van der Waals surface area contributed by atoms with Crippen LogP contribution in [0.2, 0.25) is 0 Å². The molecular formula is C8H8NOS+. The zero-order valence-corrected chi connectivity index (χ0v) is 6.64. The Balaban J connectivity index is 2.87.